The SMILES string of the molecule is C=C/C=C(/Oc1cc(C)ccn1)C1=C(C)C(Oc2ccc(B(OC)OC)cc2)CC1. The molecule has 5 nitrogen and oxygen atoms in total. The number of hydrogen-bond acceptors (Lipinski definition) is 5. The van der Waals surface area contributed by atoms with Crippen LogP contribution in [0.3, 0.4) is 0 Å². The monoisotopic (exact) mass is 405 g/mol. The molecule has 0 N–H and O–H groups in total. The van der Waals surface area contributed by atoms with Gasteiger partial charge in [0.15, 0.2) is 0 Å². The molecule has 1 atom stereocenters. The minimum Gasteiger partial charge on any atom is -0.486 e. The van der Waals surface area contributed by atoms with E-state index in [4.69, 9.17) is 18.8 Å². The second-order valence-corrected chi connectivity index (χ2v) is 7.22. The van der Waals surface area contributed by atoms with E-state index in [2.05, 4.69) is 18.5 Å². The zero-order chi connectivity index (χ0) is 21.5. The van der Waals surface area contributed by atoms with E-state index in [1.165, 1.54) is 0 Å². The fraction of sp³-hybridized carbons (Fsp3) is 0.292. The van der Waals surface area contributed by atoms with Crippen molar-refractivity contribution in [3.05, 3.63) is 83.8 Å². The first-order chi connectivity index (χ1) is 14.5. The lowest BCUT2D eigenvalue weighted by atomic mass is 9.79. The molecule has 0 spiro atoms. The van der Waals surface area contributed by atoms with Crippen molar-refractivity contribution >= 4 is 12.6 Å². The minimum atomic E-state index is -0.377. The van der Waals surface area contributed by atoms with Crippen LogP contribution >= 0.6 is 0 Å². The van der Waals surface area contributed by atoms with Crippen molar-refractivity contribution in [2.75, 3.05) is 14.2 Å². The molecule has 3 rings (SSSR count). The van der Waals surface area contributed by atoms with Gasteiger partial charge in [-0.05, 0) is 73.1 Å². The minimum absolute atomic E-state index is 0.00576. The summed E-state index contributed by atoms with van der Waals surface area (Å²) in [4.78, 5) is 4.31. The summed E-state index contributed by atoms with van der Waals surface area (Å²) in [5.74, 6) is 2.16. The highest BCUT2D eigenvalue weighted by molar-refractivity contribution is 6.61. The maximum atomic E-state index is 6.25. The molecule has 1 unspecified atom stereocenters. The summed E-state index contributed by atoms with van der Waals surface area (Å²) in [6, 6.07) is 11.7. The lowest BCUT2D eigenvalue weighted by Gasteiger charge is -2.17. The highest BCUT2D eigenvalue weighted by Gasteiger charge is 2.27. The molecule has 1 heterocycles. The normalized spacial score (nSPS) is 16.5. The third-order valence-corrected chi connectivity index (χ3v) is 5.15. The molecule has 0 bridgehead atoms. The number of hydrogen-bond donors (Lipinski definition) is 0. The van der Waals surface area contributed by atoms with Crippen LogP contribution in [0.5, 0.6) is 11.6 Å². The van der Waals surface area contributed by atoms with Crippen LogP contribution in [0.4, 0.5) is 0 Å². The van der Waals surface area contributed by atoms with Gasteiger partial charge >= 0.3 is 7.12 Å². The topological polar surface area (TPSA) is 49.8 Å². The van der Waals surface area contributed by atoms with Crippen LogP contribution in [0.15, 0.2) is 78.2 Å². The van der Waals surface area contributed by atoms with Crippen molar-refractivity contribution in [3.8, 4) is 11.6 Å². The van der Waals surface area contributed by atoms with Gasteiger partial charge in [0, 0.05) is 26.5 Å². The van der Waals surface area contributed by atoms with E-state index in [1.54, 1.807) is 26.5 Å². The molecule has 1 aliphatic carbocycles. The summed E-state index contributed by atoms with van der Waals surface area (Å²) < 4.78 is 22.9. The highest BCUT2D eigenvalue weighted by atomic mass is 16.6. The molecule has 6 heteroatoms. The molecule has 2 aromatic rings. The molecule has 0 saturated carbocycles. The zero-order valence-electron chi connectivity index (χ0n) is 18.1. The van der Waals surface area contributed by atoms with Gasteiger partial charge in [0.25, 0.3) is 0 Å². The average molecular weight is 405 g/mol. The van der Waals surface area contributed by atoms with Crippen LogP contribution in [0, 0.1) is 6.92 Å². The molecule has 1 aromatic carbocycles. The molecule has 30 heavy (non-hydrogen) atoms. The number of allylic oxidation sites excluding steroid dienone is 3. The Morgan fingerprint density at radius 3 is 2.50 bits per heavy atom. The molecule has 0 fully saturated rings. The van der Waals surface area contributed by atoms with Crippen molar-refractivity contribution in [2.24, 2.45) is 0 Å². The predicted molar refractivity (Wildman–Crippen MR) is 120 cm³/mol. The van der Waals surface area contributed by atoms with Crippen molar-refractivity contribution in [3.63, 3.8) is 0 Å². The van der Waals surface area contributed by atoms with Crippen molar-refractivity contribution < 1.29 is 18.8 Å². The van der Waals surface area contributed by atoms with Gasteiger partial charge in [-0.25, -0.2) is 4.98 Å². The molecular formula is C24H28BNO4. The number of benzene rings is 1. The number of aromatic nitrogens is 1. The molecular weight excluding hydrogens is 377 g/mol. The molecule has 0 radical (unpaired) electrons. The Labute approximate surface area is 179 Å². The van der Waals surface area contributed by atoms with Gasteiger partial charge in [0.1, 0.15) is 17.6 Å². The van der Waals surface area contributed by atoms with Crippen LogP contribution in [0.25, 0.3) is 0 Å². The van der Waals surface area contributed by atoms with Gasteiger partial charge in [0.2, 0.25) is 5.88 Å². The van der Waals surface area contributed by atoms with Crippen LogP contribution in [0.2, 0.25) is 0 Å². The van der Waals surface area contributed by atoms with Gasteiger partial charge in [-0.15, -0.1) is 0 Å². The van der Waals surface area contributed by atoms with Gasteiger partial charge < -0.3 is 18.8 Å². The summed E-state index contributed by atoms with van der Waals surface area (Å²) >= 11 is 0. The number of rotatable bonds is 9. The Kier molecular flexibility index (Phi) is 7.49. The van der Waals surface area contributed by atoms with Gasteiger partial charge in [-0.3, -0.25) is 0 Å². The molecule has 1 aromatic heterocycles. The van der Waals surface area contributed by atoms with Crippen molar-refractivity contribution in [2.45, 2.75) is 32.8 Å². The Morgan fingerprint density at radius 2 is 1.87 bits per heavy atom. The standard InChI is InChI=1S/C24H28BNO4/c1-6-7-23(30-24-16-17(2)14-15-26-24)21-12-13-22(18(21)3)29-20-10-8-19(9-11-20)25(27-4)28-5/h6-11,14-16,22H,1,12-13H2,2-5H3/b23-7+. The Morgan fingerprint density at radius 1 is 1.13 bits per heavy atom. The molecule has 0 aliphatic heterocycles. The summed E-state index contributed by atoms with van der Waals surface area (Å²) in [5, 5.41) is 0. The van der Waals surface area contributed by atoms with Crippen LogP contribution in [-0.2, 0) is 9.31 Å². The smallest absolute Gasteiger partial charge is 0.486 e. The van der Waals surface area contributed by atoms with Crippen molar-refractivity contribution in [1.82, 2.24) is 4.98 Å². The summed E-state index contributed by atoms with van der Waals surface area (Å²) in [6.45, 7) is 7.94. The lowest BCUT2D eigenvalue weighted by Crippen LogP contribution is -2.34. The zero-order valence-corrected chi connectivity index (χ0v) is 18.1. The highest BCUT2D eigenvalue weighted by Crippen LogP contribution is 2.35. The molecule has 0 saturated heterocycles. The van der Waals surface area contributed by atoms with E-state index in [1.807, 2.05) is 49.4 Å². The van der Waals surface area contributed by atoms with Gasteiger partial charge in [-0.2, -0.15) is 0 Å². The Bertz CT molecular complexity index is 932. The van der Waals surface area contributed by atoms with Crippen LogP contribution in [0.1, 0.15) is 25.3 Å². The van der Waals surface area contributed by atoms with Gasteiger partial charge in [-0.1, -0.05) is 24.8 Å². The number of ether oxygens (including phenoxy) is 2. The third-order valence-electron chi connectivity index (χ3n) is 5.15. The summed E-state index contributed by atoms with van der Waals surface area (Å²) in [5.41, 5.74) is 4.34. The van der Waals surface area contributed by atoms with Crippen LogP contribution < -0.4 is 14.9 Å². The first-order valence-electron chi connectivity index (χ1n) is 10.0. The lowest BCUT2D eigenvalue weighted by molar-refractivity contribution is 0.238. The number of pyridine rings is 1. The predicted octanol–water partition coefficient (Wildman–Crippen LogP) is 4.38. The Balaban J connectivity index is 1.75. The summed E-state index contributed by atoms with van der Waals surface area (Å²) in [6.07, 6.45) is 7.12. The van der Waals surface area contributed by atoms with Crippen molar-refractivity contribution in [1.29, 1.82) is 0 Å². The first-order valence-corrected chi connectivity index (χ1v) is 10.0. The van der Waals surface area contributed by atoms with E-state index in [0.717, 1.165) is 46.5 Å². The van der Waals surface area contributed by atoms with E-state index in [-0.39, 0.29) is 13.2 Å². The van der Waals surface area contributed by atoms with E-state index >= 15 is 0 Å². The number of nitrogens with zero attached hydrogens (tertiary/aromatic N) is 1. The maximum absolute atomic E-state index is 6.25. The second-order valence-electron chi connectivity index (χ2n) is 7.22. The molecule has 156 valence electrons. The van der Waals surface area contributed by atoms with Gasteiger partial charge in [0.05, 0.1) is 0 Å². The number of aryl methyl sites for hydroxylation is 1. The Hall–Kier alpha value is -2.83. The molecule has 0 amide bonds. The van der Waals surface area contributed by atoms with E-state index < -0.39 is 0 Å². The quantitative estimate of drug-likeness (QED) is 0.352. The average Bonchev–Trinajstić information content (AvgIpc) is 3.10. The fourth-order valence-corrected chi connectivity index (χ4v) is 3.56. The fourth-order valence-electron chi connectivity index (χ4n) is 3.56. The first kappa shape index (κ1) is 21.9. The maximum Gasteiger partial charge on any atom is 0.493 e. The second kappa shape index (κ2) is 10.3. The van der Waals surface area contributed by atoms with E-state index in [0.29, 0.717) is 5.88 Å². The largest absolute Gasteiger partial charge is 0.493 e. The van der Waals surface area contributed by atoms with E-state index in [9.17, 15) is 0 Å². The summed E-state index contributed by atoms with van der Waals surface area (Å²) in [7, 11) is 2.86. The molecule has 1 aliphatic rings. The van der Waals surface area contributed by atoms with Crippen LogP contribution in [-0.4, -0.2) is 32.4 Å². The third kappa shape index (κ3) is 5.20.